The van der Waals surface area contributed by atoms with Crippen LogP contribution in [0.5, 0.6) is 0 Å². The number of aliphatic imine (C=N–C) groups is 1. The molecule has 0 saturated heterocycles. The summed E-state index contributed by atoms with van der Waals surface area (Å²) in [6, 6.07) is 4.85. The smallest absolute Gasteiger partial charge is 0.123 e. The molecule has 0 saturated carbocycles. The zero-order valence-electron chi connectivity index (χ0n) is 6.05. The molecule has 11 heavy (non-hydrogen) atoms. The van der Waals surface area contributed by atoms with E-state index in [1.54, 1.807) is 6.21 Å². The maximum Gasteiger partial charge on any atom is 0.123 e. The minimum Gasteiger partial charge on any atom is -0.292 e. The molecular formula is C9H8FN. The number of hydrogen-bond acceptors (Lipinski definition) is 1. The minimum absolute atomic E-state index is 0.183. The van der Waals surface area contributed by atoms with Crippen molar-refractivity contribution in [1.82, 2.24) is 0 Å². The van der Waals surface area contributed by atoms with Crippen LogP contribution < -0.4 is 0 Å². The first-order valence-corrected chi connectivity index (χ1v) is 3.64. The van der Waals surface area contributed by atoms with E-state index in [4.69, 9.17) is 0 Å². The topological polar surface area (TPSA) is 12.4 Å². The highest BCUT2D eigenvalue weighted by molar-refractivity contribution is 5.82. The Morgan fingerprint density at radius 2 is 2.27 bits per heavy atom. The standard InChI is InChI=1S/C9H8FN/c10-9-2-1-7-3-4-11-6-8(7)5-9/h1-2,5-6H,3-4H2. The van der Waals surface area contributed by atoms with Crippen molar-refractivity contribution in [3.05, 3.63) is 35.1 Å². The van der Waals surface area contributed by atoms with Crippen molar-refractivity contribution >= 4 is 6.21 Å². The van der Waals surface area contributed by atoms with Crippen LogP contribution in [0.3, 0.4) is 0 Å². The van der Waals surface area contributed by atoms with E-state index in [2.05, 4.69) is 4.99 Å². The van der Waals surface area contributed by atoms with Crippen LogP contribution in [0.25, 0.3) is 0 Å². The van der Waals surface area contributed by atoms with Crippen LogP contribution in [0, 0.1) is 5.82 Å². The van der Waals surface area contributed by atoms with Crippen molar-refractivity contribution in [1.29, 1.82) is 0 Å². The molecule has 1 aliphatic heterocycles. The van der Waals surface area contributed by atoms with E-state index in [9.17, 15) is 4.39 Å². The molecule has 0 radical (unpaired) electrons. The first kappa shape index (κ1) is 6.53. The van der Waals surface area contributed by atoms with Gasteiger partial charge < -0.3 is 0 Å². The molecule has 0 spiro atoms. The number of hydrogen-bond donors (Lipinski definition) is 0. The lowest BCUT2D eigenvalue weighted by atomic mass is 10.0. The predicted octanol–water partition coefficient (Wildman–Crippen LogP) is 1.80. The van der Waals surface area contributed by atoms with Crippen LogP contribution >= 0.6 is 0 Å². The second-order valence-electron chi connectivity index (χ2n) is 2.63. The lowest BCUT2D eigenvalue weighted by molar-refractivity contribution is 0.626. The highest BCUT2D eigenvalue weighted by atomic mass is 19.1. The van der Waals surface area contributed by atoms with Gasteiger partial charge in [-0.2, -0.15) is 0 Å². The van der Waals surface area contributed by atoms with Gasteiger partial charge in [0.2, 0.25) is 0 Å². The molecule has 0 aromatic heterocycles. The molecule has 0 unspecified atom stereocenters. The van der Waals surface area contributed by atoms with E-state index in [1.165, 1.54) is 17.7 Å². The molecule has 0 amide bonds. The van der Waals surface area contributed by atoms with E-state index in [0.717, 1.165) is 18.5 Å². The summed E-state index contributed by atoms with van der Waals surface area (Å²) in [4.78, 5) is 4.07. The second kappa shape index (κ2) is 2.46. The van der Waals surface area contributed by atoms with Gasteiger partial charge in [0, 0.05) is 12.8 Å². The third kappa shape index (κ3) is 1.16. The van der Waals surface area contributed by atoms with Crippen LogP contribution in [0.1, 0.15) is 11.1 Å². The van der Waals surface area contributed by atoms with Gasteiger partial charge in [-0.1, -0.05) is 6.07 Å². The molecule has 1 aliphatic rings. The van der Waals surface area contributed by atoms with Crippen molar-refractivity contribution in [3.63, 3.8) is 0 Å². The number of rotatable bonds is 0. The first-order valence-electron chi connectivity index (χ1n) is 3.64. The van der Waals surface area contributed by atoms with Crippen molar-refractivity contribution in [2.24, 2.45) is 4.99 Å². The van der Waals surface area contributed by atoms with Gasteiger partial charge in [0.25, 0.3) is 0 Å². The van der Waals surface area contributed by atoms with Crippen molar-refractivity contribution in [2.45, 2.75) is 6.42 Å². The lowest BCUT2D eigenvalue weighted by Gasteiger charge is -2.08. The quantitative estimate of drug-likeness (QED) is 0.533. The predicted molar refractivity (Wildman–Crippen MR) is 42.6 cm³/mol. The Morgan fingerprint density at radius 3 is 3.18 bits per heavy atom. The van der Waals surface area contributed by atoms with E-state index in [0.29, 0.717) is 0 Å². The van der Waals surface area contributed by atoms with Crippen LogP contribution in [0.15, 0.2) is 23.2 Å². The number of benzene rings is 1. The summed E-state index contributed by atoms with van der Waals surface area (Å²) in [5, 5.41) is 0. The normalized spacial score (nSPS) is 14.6. The molecule has 1 aromatic rings. The molecule has 1 nitrogen and oxygen atoms in total. The number of fused-ring (bicyclic) bond motifs is 1. The summed E-state index contributed by atoms with van der Waals surface area (Å²) in [7, 11) is 0. The van der Waals surface area contributed by atoms with Crippen LogP contribution in [-0.2, 0) is 6.42 Å². The Balaban J connectivity index is 2.54. The monoisotopic (exact) mass is 149 g/mol. The molecule has 56 valence electrons. The fraction of sp³-hybridized carbons (Fsp3) is 0.222. The molecule has 0 bridgehead atoms. The fourth-order valence-corrected chi connectivity index (χ4v) is 1.26. The molecule has 2 heteroatoms. The molecule has 0 aliphatic carbocycles. The summed E-state index contributed by atoms with van der Waals surface area (Å²) in [5.74, 6) is -0.183. The van der Waals surface area contributed by atoms with Gasteiger partial charge >= 0.3 is 0 Å². The van der Waals surface area contributed by atoms with Crippen LogP contribution in [0.2, 0.25) is 0 Å². The molecule has 0 fully saturated rings. The molecule has 1 aromatic carbocycles. The van der Waals surface area contributed by atoms with Crippen molar-refractivity contribution in [2.75, 3.05) is 6.54 Å². The van der Waals surface area contributed by atoms with E-state index in [1.807, 2.05) is 6.07 Å². The van der Waals surface area contributed by atoms with Gasteiger partial charge in [-0.05, 0) is 29.7 Å². The van der Waals surface area contributed by atoms with Gasteiger partial charge in [0.1, 0.15) is 5.82 Å². The minimum atomic E-state index is -0.183. The summed E-state index contributed by atoms with van der Waals surface area (Å²) in [6.45, 7) is 0.832. The zero-order valence-corrected chi connectivity index (χ0v) is 6.05. The largest absolute Gasteiger partial charge is 0.292 e. The summed E-state index contributed by atoms with van der Waals surface area (Å²) < 4.78 is 12.6. The first-order chi connectivity index (χ1) is 5.36. The lowest BCUT2D eigenvalue weighted by Crippen LogP contribution is -2.02. The van der Waals surface area contributed by atoms with E-state index in [-0.39, 0.29) is 5.82 Å². The maximum atomic E-state index is 12.6. The van der Waals surface area contributed by atoms with Gasteiger partial charge in [-0.15, -0.1) is 0 Å². The van der Waals surface area contributed by atoms with E-state index < -0.39 is 0 Å². The highest BCUT2D eigenvalue weighted by Crippen LogP contribution is 2.12. The molecule has 1 heterocycles. The molecular weight excluding hydrogens is 141 g/mol. The fourth-order valence-electron chi connectivity index (χ4n) is 1.26. The van der Waals surface area contributed by atoms with Gasteiger partial charge in [-0.3, -0.25) is 4.99 Å². The summed E-state index contributed by atoms with van der Waals surface area (Å²) >= 11 is 0. The maximum absolute atomic E-state index is 12.6. The Morgan fingerprint density at radius 1 is 1.36 bits per heavy atom. The number of halogens is 1. The van der Waals surface area contributed by atoms with Crippen LogP contribution in [-0.4, -0.2) is 12.8 Å². The molecule has 0 N–H and O–H groups in total. The second-order valence-corrected chi connectivity index (χ2v) is 2.63. The summed E-state index contributed by atoms with van der Waals surface area (Å²) in [5.41, 5.74) is 2.12. The molecule has 2 rings (SSSR count). The van der Waals surface area contributed by atoms with Crippen molar-refractivity contribution < 1.29 is 4.39 Å². The number of nitrogens with zero attached hydrogens (tertiary/aromatic N) is 1. The Kier molecular flexibility index (Phi) is 1.46. The van der Waals surface area contributed by atoms with Gasteiger partial charge in [0.05, 0.1) is 0 Å². The van der Waals surface area contributed by atoms with Crippen LogP contribution in [0.4, 0.5) is 4.39 Å². The average molecular weight is 149 g/mol. The Hall–Kier alpha value is -1.18. The Bertz CT molecular complexity index is 304. The zero-order chi connectivity index (χ0) is 7.68. The average Bonchev–Trinajstić information content (AvgIpc) is 2.04. The van der Waals surface area contributed by atoms with Gasteiger partial charge in [-0.25, -0.2) is 4.39 Å². The van der Waals surface area contributed by atoms with E-state index >= 15 is 0 Å². The van der Waals surface area contributed by atoms with Gasteiger partial charge in [0.15, 0.2) is 0 Å². The third-order valence-corrected chi connectivity index (χ3v) is 1.85. The van der Waals surface area contributed by atoms with Crippen molar-refractivity contribution in [3.8, 4) is 0 Å². The third-order valence-electron chi connectivity index (χ3n) is 1.85. The highest BCUT2D eigenvalue weighted by Gasteiger charge is 2.04. The molecule has 0 atom stereocenters. The summed E-state index contributed by atoms with van der Waals surface area (Å²) in [6.07, 6.45) is 2.67. The SMILES string of the molecule is Fc1ccc2c(c1)C=NCC2. The Labute approximate surface area is 64.6 Å².